The molecule has 0 spiro atoms. The van der Waals surface area contributed by atoms with Crippen molar-refractivity contribution in [2.75, 3.05) is 5.32 Å². The molecule has 0 atom stereocenters. The smallest absolute Gasteiger partial charge is 0.224 e. The molecule has 0 saturated carbocycles. The van der Waals surface area contributed by atoms with Gasteiger partial charge in [-0.3, -0.25) is 4.79 Å². The topological polar surface area (TPSA) is 42.2 Å². The molecule has 0 radical (unpaired) electrons. The van der Waals surface area contributed by atoms with E-state index in [1.54, 1.807) is 0 Å². The highest BCUT2D eigenvalue weighted by Gasteiger charge is 2.08. The summed E-state index contributed by atoms with van der Waals surface area (Å²) in [7, 11) is 0. The Morgan fingerprint density at radius 2 is 1.50 bits per heavy atom. The zero-order valence-electron chi connectivity index (χ0n) is 14.0. The average Bonchev–Trinajstić information content (AvgIpc) is 3.05. The number of aryl methyl sites for hydroxylation is 3. The summed E-state index contributed by atoms with van der Waals surface area (Å²) in [6, 6.07) is 19.9. The van der Waals surface area contributed by atoms with Gasteiger partial charge in [0.15, 0.2) is 0 Å². The Morgan fingerprint density at radius 1 is 0.875 bits per heavy atom. The van der Waals surface area contributed by atoms with Crippen molar-refractivity contribution in [2.45, 2.75) is 26.7 Å². The second-order valence-electron chi connectivity index (χ2n) is 6.05. The number of nitrogens with one attached hydrogen (secondary N) is 1. The first-order valence-corrected chi connectivity index (χ1v) is 8.12. The van der Waals surface area contributed by atoms with Crippen molar-refractivity contribution in [3.63, 3.8) is 0 Å². The summed E-state index contributed by atoms with van der Waals surface area (Å²) >= 11 is 0. The van der Waals surface area contributed by atoms with E-state index in [0.717, 1.165) is 22.8 Å². The van der Waals surface area contributed by atoms with Crippen molar-refractivity contribution in [3.05, 3.63) is 77.6 Å². The molecule has 0 aliphatic carbocycles. The van der Waals surface area contributed by atoms with Crippen LogP contribution in [-0.2, 0) is 11.2 Å². The number of benzene rings is 2. The summed E-state index contributed by atoms with van der Waals surface area (Å²) in [5, 5.41) is 2.90. The van der Waals surface area contributed by atoms with Crippen molar-refractivity contribution in [3.8, 4) is 11.3 Å². The first kappa shape index (κ1) is 16.1. The van der Waals surface area contributed by atoms with Crippen LogP contribution in [-0.4, -0.2) is 5.91 Å². The first-order valence-electron chi connectivity index (χ1n) is 8.12. The van der Waals surface area contributed by atoms with E-state index in [9.17, 15) is 4.79 Å². The fourth-order valence-corrected chi connectivity index (χ4v) is 2.48. The van der Waals surface area contributed by atoms with Gasteiger partial charge < -0.3 is 9.73 Å². The van der Waals surface area contributed by atoms with Gasteiger partial charge in [0.2, 0.25) is 5.91 Å². The maximum absolute atomic E-state index is 12.0. The Hall–Kier alpha value is -2.81. The van der Waals surface area contributed by atoms with Crippen LogP contribution in [0.2, 0.25) is 0 Å². The molecule has 1 amide bonds. The molecule has 0 bridgehead atoms. The highest BCUT2D eigenvalue weighted by Crippen LogP contribution is 2.23. The van der Waals surface area contributed by atoms with Gasteiger partial charge in [0, 0.05) is 24.1 Å². The maximum Gasteiger partial charge on any atom is 0.224 e. The van der Waals surface area contributed by atoms with Crippen LogP contribution in [0.5, 0.6) is 0 Å². The Labute approximate surface area is 142 Å². The number of hydrogen-bond donors (Lipinski definition) is 1. The van der Waals surface area contributed by atoms with Gasteiger partial charge in [0.05, 0.1) is 0 Å². The van der Waals surface area contributed by atoms with Crippen LogP contribution in [0, 0.1) is 13.8 Å². The highest BCUT2D eigenvalue weighted by molar-refractivity contribution is 5.90. The summed E-state index contributed by atoms with van der Waals surface area (Å²) < 4.78 is 5.85. The molecule has 3 nitrogen and oxygen atoms in total. The van der Waals surface area contributed by atoms with E-state index < -0.39 is 0 Å². The van der Waals surface area contributed by atoms with E-state index in [1.807, 2.05) is 55.5 Å². The zero-order valence-corrected chi connectivity index (χ0v) is 14.0. The van der Waals surface area contributed by atoms with Gasteiger partial charge in [0.1, 0.15) is 11.5 Å². The zero-order chi connectivity index (χ0) is 16.9. The SMILES string of the molecule is Cc1ccc(NC(=O)CCc2ccc(-c3ccc(C)cc3)o2)cc1. The molecule has 0 saturated heterocycles. The van der Waals surface area contributed by atoms with E-state index in [1.165, 1.54) is 11.1 Å². The van der Waals surface area contributed by atoms with Gasteiger partial charge in [-0.05, 0) is 38.1 Å². The predicted octanol–water partition coefficient (Wildman–Crippen LogP) is 5.13. The quantitative estimate of drug-likeness (QED) is 0.708. The molecule has 1 heterocycles. The highest BCUT2D eigenvalue weighted by atomic mass is 16.3. The van der Waals surface area contributed by atoms with Crippen molar-refractivity contribution >= 4 is 11.6 Å². The van der Waals surface area contributed by atoms with Gasteiger partial charge in [-0.2, -0.15) is 0 Å². The molecule has 1 N–H and O–H groups in total. The molecule has 0 aliphatic rings. The molecule has 24 heavy (non-hydrogen) atoms. The molecule has 0 fully saturated rings. The molecule has 0 aliphatic heterocycles. The third-order valence-corrected chi connectivity index (χ3v) is 3.93. The van der Waals surface area contributed by atoms with Crippen molar-refractivity contribution in [1.29, 1.82) is 0 Å². The fraction of sp³-hybridized carbons (Fsp3) is 0.190. The van der Waals surface area contributed by atoms with E-state index >= 15 is 0 Å². The molecule has 3 aromatic rings. The molecule has 2 aromatic carbocycles. The monoisotopic (exact) mass is 319 g/mol. The predicted molar refractivity (Wildman–Crippen MR) is 97.0 cm³/mol. The number of rotatable bonds is 5. The molecule has 122 valence electrons. The Bertz CT molecular complexity index is 814. The van der Waals surface area contributed by atoms with E-state index in [2.05, 4.69) is 24.4 Å². The summed E-state index contributed by atoms with van der Waals surface area (Å²) in [4.78, 5) is 12.0. The molecular weight excluding hydrogens is 298 g/mol. The van der Waals surface area contributed by atoms with Gasteiger partial charge in [-0.25, -0.2) is 0 Å². The summed E-state index contributed by atoms with van der Waals surface area (Å²) in [5.74, 6) is 1.65. The summed E-state index contributed by atoms with van der Waals surface area (Å²) in [6.07, 6.45) is 0.984. The van der Waals surface area contributed by atoms with Crippen LogP contribution in [0.15, 0.2) is 65.1 Å². The van der Waals surface area contributed by atoms with Crippen molar-refractivity contribution in [1.82, 2.24) is 0 Å². The van der Waals surface area contributed by atoms with Crippen LogP contribution in [0.3, 0.4) is 0 Å². The second kappa shape index (κ2) is 7.18. The third-order valence-electron chi connectivity index (χ3n) is 3.93. The lowest BCUT2D eigenvalue weighted by atomic mass is 10.1. The maximum atomic E-state index is 12.0. The van der Waals surface area contributed by atoms with Crippen LogP contribution in [0.1, 0.15) is 23.3 Å². The Balaban J connectivity index is 1.56. The number of furan rings is 1. The minimum Gasteiger partial charge on any atom is -0.461 e. The first-order chi connectivity index (χ1) is 11.6. The number of carbonyl (C=O) groups excluding carboxylic acids is 1. The number of anilines is 1. The van der Waals surface area contributed by atoms with Crippen molar-refractivity contribution < 1.29 is 9.21 Å². The molecule has 0 unspecified atom stereocenters. The third kappa shape index (κ3) is 4.13. The summed E-state index contributed by atoms with van der Waals surface area (Å²) in [5.41, 5.74) is 4.27. The van der Waals surface area contributed by atoms with Crippen LogP contribution < -0.4 is 5.32 Å². The van der Waals surface area contributed by atoms with Gasteiger partial charge >= 0.3 is 0 Å². The number of hydrogen-bond acceptors (Lipinski definition) is 2. The lowest BCUT2D eigenvalue weighted by Crippen LogP contribution is -2.12. The summed E-state index contributed by atoms with van der Waals surface area (Å²) in [6.45, 7) is 4.08. The molecule has 3 heteroatoms. The van der Waals surface area contributed by atoms with Gasteiger partial charge in [-0.15, -0.1) is 0 Å². The largest absolute Gasteiger partial charge is 0.461 e. The van der Waals surface area contributed by atoms with Crippen LogP contribution in [0.4, 0.5) is 5.69 Å². The number of amides is 1. The lowest BCUT2D eigenvalue weighted by Gasteiger charge is -2.04. The van der Waals surface area contributed by atoms with E-state index in [0.29, 0.717) is 12.8 Å². The molecule has 1 aromatic heterocycles. The molecular formula is C21H21NO2. The van der Waals surface area contributed by atoms with Gasteiger partial charge in [0.25, 0.3) is 0 Å². The minimum absolute atomic E-state index is 0.00728. The van der Waals surface area contributed by atoms with Crippen molar-refractivity contribution in [2.24, 2.45) is 0 Å². The second-order valence-corrected chi connectivity index (χ2v) is 6.05. The minimum atomic E-state index is -0.00728. The van der Waals surface area contributed by atoms with Crippen LogP contribution >= 0.6 is 0 Å². The number of carbonyl (C=O) groups is 1. The van der Waals surface area contributed by atoms with E-state index in [4.69, 9.17) is 4.42 Å². The van der Waals surface area contributed by atoms with E-state index in [-0.39, 0.29) is 5.91 Å². The fourth-order valence-electron chi connectivity index (χ4n) is 2.48. The Kier molecular flexibility index (Phi) is 4.80. The van der Waals surface area contributed by atoms with Gasteiger partial charge in [-0.1, -0.05) is 47.5 Å². The Morgan fingerprint density at radius 3 is 2.17 bits per heavy atom. The average molecular weight is 319 g/mol. The lowest BCUT2D eigenvalue weighted by molar-refractivity contribution is -0.116. The normalized spacial score (nSPS) is 10.6. The standard InChI is InChI=1S/C21H21NO2/c1-15-3-7-17(8-4-15)20-13-11-19(24-20)12-14-21(23)22-18-9-5-16(2)6-10-18/h3-11,13H,12,14H2,1-2H3,(H,22,23). The molecule has 3 rings (SSSR count). The van der Waals surface area contributed by atoms with Crippen LogP contribution in [0.25, 0.3) is 11.3 Å².